The normalized spacial score (nSPS) is 18.9. The SMILES string of the molecule is O=C1CN(C(=O)c2cccc(F)c2)C(C(=O)O)CN1. The summed E-state index contributed by atoms with van der Waals surface area (Å²) in [7, 11) is 0. The van der Waals surface area contributed by atoms with Gasteiger partial charge in [-0.2, -0.15) is 0 Å². The summed E-state index contributed by atoms with van der Waals surface area (Å²) in [6.07, 6.45) is 0. The molecule has 2 rings (SSSR count). The van der Waals surface area contributed by atoms with E-state index >= 15 is 0 Å². The van der Waals surface area contributed by atoms with Crippen LogP contribution >= 0.6 is 0 Å². The minimum absolute atomic E-state index is 0.0148. The summed E-state index contributed by atoms with van der Waals surface area (Å²) < 4.78 is 13.1. The highest BCUT2D eigenvalue weighted by Crippen LogP contribution is 2.12. The summed E-state index contributed by atoms with van der Waals surface area (Å²) >= 11 is 0. The van der Waals surface area contributed by atoms with Crippen LogP contribution in [0.25, 0.3) is 0 Å². The largest absolute Gasteiger partial charge is 0.480 e. The van der Waals surface area contributed by atoms with Crippen molar-refractivity contribution in [2.24, 2.45) is 0 Å². The minimum atomic E-state index is -1.22. The zero-order chi connectivity index (χ0) is 14.0. The molecule has 1 heterocycles. The zero-order valence-corrected chi connectivity index (χ0v) is 9.80. The van der Waals surface area contributed by atoms with Gasteiger partial charge in [-0.1, -0.05) is 6.07 Å². The van der Waals surface area contributed by atoms with Gasteiger partial charge in [0.1, 0.15) is 18.4 Å². The molecule has 6 nitrogen and oxygen atoms in total. The number of hydrogen-bond acceptors (Lipinski definition) is 3. The van der Waals surface area contributed by atoms with Crippen LogP contribution in [0.2, 0.25) is 0 Å². The van der Waals surface area contributed by atoms with Crippen LogP contribution in [0.3, 0.4) is 0 Å². The van der Waals surface area contributed by atoms with Crippen LogP contribution in [-0.4, -0.2) is 46.9 Å². The molecule has 1 aliphatic heterocycles. The first kappa shape index (κ1) is 13.0. The molecule has 1 unspecified atom stereocenters. The number of carboxylic acids is 1. The predicted octanol–water partition coefficient (Wildman–Crippen LogP) is -0.149. The lowest BCUT2D eigenvalue weighted by Gasteiger charge is -2.32. The fraction of sp³-hybridized carbons (Fsp3) is 0.250. The molecule has 1 aliphatic rings. The van der Waals surface area contributed by atoms with Crippen molar-refractivity contribution in [1.82, 2.24) is 10.2 Å². The molecule has 0 aromatic heterocycles. The summed E-state index contributed by atoms with van der Waals surface area (Å²) in [5.41, 5.74) is 0.0148. The molecule has 1 fully saturated rings. The second-order valence-corrected chi connectivity index (χ2v) is 4.10. The highest BCUT2D eigenvalue weighted by Gasteiger charge is 2.35. The van der Waals surface area contributed by atoms with Crippen LogP contribution in [0.15, 0.2) is 24.3 Å². The average Bonchev–Trinajstić information content (AvgIpc) is 2.37. The van der Waals surface area contributed by atoms with Crippen molar-refractivity contribution in [3.8, 4) is 0 Å². The molecule has 0 spiro atoms. The molecule has 100 valence electrons. The maximum absolute atomic E-state index is 13.1. The van der Waals surface area contributed by atoms with Crippen LogP contribution < -0.4 is 5.32 Å². The Morgan fingerprint density at radius 2 is 2.16 bits per heavy atom. The van der Waals surface area contributed by atoms with Crippen LogP contribution in [0.5, 0.6) is 0 Å². The third-order valence-electron chi connectivity index (χ3n) is 2.80. The summed E-state index contributed by atoms with van der Waals surface area (Å²) in [5, 5.41) is 11.4. The lowest BCUT2D eigenvalue weighted by molar-refractivity contribution is -0.144. The third kappa shape index (κ3) is 2.70. The highest BCUT2D eigenvalue weighted by atomic mass is 19.1. The average molecular weight is 266 g/mol. The van der Waals surface area contributed by atoms with E-state index in [1.807, 2.05) is 0 Å². The Morgan fingerprint density at radius 3 is 2.79 bits per heavy atom. The molecule has 7 heteroatoms. The van der Waals surface area contributed by atoms with Crippen LogP contribution in [0, 0.1) is 5.82 Å². The van der Waals surface area contributed by atoms with E-state index in [1.165, 1.54) is 18.2 Å². The van der Waals surface area contributed by atoms with E-state index in [0.717, 1.165) is 11.0 Å². The van der Waals surface area contributed by atoms with Crippen molar-refractivity contribution in [2.45, 2.75) is 6.04 Å². The fourth-order valence-corrected chi connectivity index (χ4v) is 1.86. The van der Waals surface area contributed by atoms with E-state index in [-0.39, 0.29) is 18.7 Å². The molecule has 0 aliphatic carbocycles. The van der Waals surface area contributed by atoms with Gasteiger partial charge in [-0.25, -0.2) is 9.18 Å². The number of aliphatic carboxylic acids is 1. The van der Waals surface area contributed by atoms with Crippen molar-refractivity contribution in [2.75, 3.05) is 13.1 Å². The summed E-state index contributed by atoms with van der Waals surface area (Å²) in [5.74, 6) is -2.94. The van der Waals surface area contributed by atoms with Gasteiger partial charge in [0.15, 0.2) is 0 Å². The van der Waals surface area contributed by atoms with E-state index in [2.05, 4.69) is 5.32 Å². The van der Waals surface area contributed by atoms with Gasteiger partial charge in [-0.15, -0.1) is 0 Å². The first-order chi connectivity index (χ1) is 8.99. The zero-order valence-electron chi connectivity index (χ0n) is 9.80. The summed E-state index contributed by atoms with van der Waals surface area (Å²) in [6, 6.07) is 3.76. The summed E-state index contributed by atoms with van der Waals surface area (Å²) in [6.45, 7) is -0.512. The molecule has 0 radical (unpaired) electrons. The molecule has 0 bridgehead atoms. The van der Waals surface area contributed by atoms with Gasteiger partial charge >= 0.3 is 5.97 Å². The number of carbonyl (C=O) groups excluding carboxylic acids is 2. The van der Waals surface area contributed by atoms with Gasteiger partial charge in [0.2, 0.25) is 5.91 Å². The molecular weight excluding hydrogens is 255 g/mol. The molecule has 19 heavy (non-hydrogen) atoms. The van der Waals surface area contributed by atoms with Gasteiger partial charge in [0.25, 0.3) is 5.91 Å². The first-order valence-corrected chi connectivity index (χ1v) is 5.55. The van der Waals surface area contributed by atoms with Crippen molar-refractivity contribution in [1.29, 1.82) is 0 Å². The lowest BCUT2D eigenvalue weighted by atomic mass is 10.1. The van der Waals surface area contributed by atoms with Gasteiger partial charge in [0, 0.05) is 12.1 Å². The number of hydrogen-bond donors (Lipinski definition) is 2. The number of nitrogens with one attached hydrogen (secondary N) is 1. The van der Waals surface area contributed by atoms with Crippen molar-refractivity contribution < 1.29 is 23.9 Å². The maximum atomic E-state index is 13.1. The second kappa shape index (κ2) is 5.05. The molecule has 1 atom stereocenters. The van der Waals surface area contributed by atoms with E-state index < -0.39 is 29.6 Å². The van der Waals surface area contributed by atoms with Crippen molar-refractivity contribution in [3.05, 3.63) is 35.6 Å². The molecule has 1 saturated heterocycles. The Labute approximate surface area is 107 Å². The van der Waals surface area contributed by atoms with Gasteiger partial charge in [-0.3, -0.25) is 9.59 Å². The number of carboxylic acid groups (broad SMARTS) is 1. The monoisotopic (exact) mass is 266 g/mol. The number of nitrogens with zero attached hydrogens (tertiary/aromatic N) is 1. The Balaban J connectivity index is 2.28. The fourth-order valence-electron chi connectivity index (χ4n) is 1.86. The molecule has 0 saturated carbocycles. The molecule has 1 aromatic rings. The lowest BCUT2D eigenvalue weighted by Crippen LogP contribution is -2.59. The minimum Gasteiger partial charge on any atom is -0.480 e. The quantitative estimate of drug-likeness (QED) is 0.779. The molecule has 2 amide bonds. The number of amides is 2. The van der Waals surface area contributed by atoms with Crippen molar-refractivity contribution in [3.63, 3.8) is 0 Å². The molecule has 2 N–H and O–H groups in total. The topological polar surface area (TPSA) is 86.7 Å². The second-order valence-electron chi connectivity index (χ2n) is 4.10. The number of halogens is 1. The number of benzene rings is 1. The predicted molar refractivity (Wildman–Crippen MR) is 61.9 cm³/mol. The number of piperazine rings is 1. The Kier molecular flexibility index (Phi) is 3.46. The van der Waals surface area contributed by atoms with Gasteiger partial charge < -0.3 is 15.3 Å². The Hall–Kier alpha value is -2.44. The van der Waals surface area contributed by atoms with Gasteiger partial charge in [0.05, 0.1) is 0 Å². The Morgan fingerprint density at radius 1 is 1.42 bits per heavy atom. The standard InChI is InChI=1S/C12H11FN2O4/c13-8-3-1-2-7(4-8)11(17)15-6-10(16)14-5-9(15)12(18)19/h1-4,9H,5-6H2,(H,14,16)(H,18,19). The van der Waals surface area contributed by atoms with Crippen molar-refractivity contribution >= 4 is 17.8 Å². The van der Waals surface area contributed by atoms with E-state index in [4.69, 9.17) is 5.11 Å². The highest BCUT2D eigenvalue weighted by molar-refractivity contribution is 5.99. The summed E-state index contributed by atoms with van der Waals surface area (Å²) in [4.78, 5) is 35.4. The van der Waals surface area contributed by atoms with E-state index in [9.17, 15) is 18.8 Å². The van der Waals surface area contributed by atoms with Gasteiger partial charge in [-0.05, 0) is 18.2 Å². The molecular formula is C12H11FN2O4. The van der Waals surface area contributed by atoms with E-state index in [0.29, 0.717) is 0 Å². The van der Waals surface area contributed by atoms with E-state index in [1.54, 1.807) is 0 Å². The number of rotatable bonds is 2. The van der Waals surface area contributed by atoms with Crippen LogP contribution in [-0.2, 0) is 9.59 Å². The van der Waals surface area contributed by atoms with Crippen LogP contribution in [0.1, 0.15) is 10.4 Å². The smallest absolute Gasteiger partial charge is 0.328 e. The third-order valence-corrected chi connectivity index (χ3v) is 2.80. The maximum Gasteiger partial charge on any atom is 0.328 e. The van der Waals surface area contributed by atoms with Crippen LogP contribution in [0.4, 0.5) is 4.39 Å². The number of carbonyl (C=O) groups is 3. The first-order valence-electron chi connectivity index (χ1n) is 5.55. The Bertz CT molecular complexity index is 546. The molecule has 1 aromatic carbocycles.